The van der Waals surface area contributed by atoms with E-state index < -0.39 is 18.3 Å². The van der Waals surface area contributed by atoms with E-state index in [1.165, 1.54) is 0 Å². The lowest BCUT2D eigenvalue weighted by atomic mass is 9.64. The van der Waals surface area contributed by atoms with Crippen molar-refractivity contribution in [2.24, 2.45) is 52.2 Å². The van der Waals surface area contributed by atoms with E-state index in [0.29, 0.717) is 91.7 Å². The van der Waals surface area contributed by atoms with Gasteiger partial charge in [0.15, 0.2) is 17.5 Å². The minimum absolute atomic E-state index is 0.00558. The first-order chi connectivity index (χ1) is 31.5. The van der Waals surface area contributed by atoms with Gasteiger partial charge in [0, 0.05) is 61.6 Å². The van der Waals surface area contributed by atoms with E-state index >= 15 is 0 Å². The molecule has 3 aliphatic carbocycles. The second kappa shape index (κ2) is 19.5. The van der Waals surface area contributed by atoms with Gasteiger partial charge in [-0.2, -0.15) is 0 Å². The van der Waals surface area contributed by atoms with E-state index in [0.717, 1.165) is 83.9 Å². The molecule has 3 aromatic carbocycles. The molecule has 65 heavy (non-hydrogen) atoms. The van der Waals surface area contributed by atoms with Crippen molar-refractivity contribution in [3.8, 4) is 51.9 Å². The second-order valence-electron chi connectivity index (χ2n) is 20.1. The molecular formula is C54H69N3O8. The smallest absolute Gasteiger partial charge is 0.188 e. The molecule has 7 N–H and O–H groups in total. The first kappa shape index (κ1) is 45.3. The van der Waals surface area contributed by atoms with Crippen molar-refractivity contribution in [1.29, 1.82) is 0 Å². The summed E-state index contributed by atoms with van der Waals surface area (Å²) in [6.45, 7) is 7.73. The van der Waals surface area contributed by atoms with Crippen LogP contribution in [0.3, 0.4) is 0 Å². The second-order valence-corrected chi connectivity index (χ2v) is 20.1. The van der Waals surface area contributed by atoms with Gasteiger partial charge in [0.2, 0.25) is 0 Å². The lowest BCUT2D eigenvalue weighted by Crippen LogP contribution is -2.46. The molecule has 11 rings (SSSR count). The number of fused-ring (bicyclic) bond motifs is 2. The molecule has 5 aliphatic heterocycles. The summed E-state index contributed by atoms with van der Waals surface area (Å²) in [5, 5.41) is 49.0. The number of nitrogens with zero attached hydrogens (tertiary/aromatic N) is 1. The summed E-state index contributed by atoms with van der Waals surface area (Å²) in [6, 6.07) is 11.9. The Bertz CT molecular complexity index is 2330. The fraction of sp³-hybridized carbons (Fsp3) is 0.574. The first-order valence-electron chi connectivity index (χ1n) is 24.4. The molecule has 5 heterocycles. The molecule has 0 spiro atoms. The average molecular weight is 888 g/mol. The maximum absolute atomic E-state index is 12.3. The van der Waals surface area contributed by atoms with Crippen LogP contribution in [0.2, 0.25) is 0 Å². The van der Waals surface area contributed by atoms with Crippen LogP contribution in [0.25, 0.3) is 11.1 Å². The molecule has 0 aromatic heterocycles. The molecule has 11 atom stereocenters. The number of aliphatic hydroxyl groups is 3. The number of aliphatic hydroxyl groups excluding tert-OH is 3. The standard InChI is InChI=1S/C54H69N3O8/c1-5-31-21-34-12-11-33(31)22-39(59)9-6-17-56-54(55)57-18-16-40-36(29-58)13-10-32-8-7-19-63-46-15-14-35(26-48(46)65-52(32)40)53-45(61)27-43-47(64-53)28-49(62-4)51-42-24-38(20-30(2)3)44(60)25-37(42)23-41(34)50(43)51/h11-12,14-15,24-26,28,30-34,36,39-41,45,52-53,58-61H,5-6,8-10,13,16-18,20-23,27,29H2,1-4H3,(H3,55,56,57)/t31-,32+,33+,34+,36-,39+,40+,41+,45+,52+,53-/m0/s1. The molecule has 11 heteroatoms. The monoisotopic (exact) mass is 888 g/mol. The number of benzene rings is 3. The third-order valence-electron chi connectivity index (χ3n) is 15.6. The van der Waals surface area contributed by atoms with Crippen LogP contribution in [0.5, 0.6) is 28.7 Å². The number of aliphatic imine (C=N–C) groups is 1. The molecular weight excluding hydrogens is 819 g/mol. The van der Waals surface area contributed by atoms with Gasteiger partial charge >= 0.3 is 0 Å². The molecule has 0 saturated heterocycles. The number of hydrogen-bond acceptors (Lipinski definition) is 11. The van der Waals surface area contributed by atoms with Crippen LogP contribution in [0.1, 0.15) is 118 Å². The number of ether oxygens (including phenoxy) is 4. The molecule has 8 aliphatic rings. The van der Waals surface area contributed by atoms with Gasteiger partial charge in [0.25, 0.3) is 0 Å². The molecule has 3 aromatic rings. The summed E-state index contributed by atoms with van der Waals surface area (Å²) in [4.78, 5) is 4.61. The van der Waals surface area contributed by atoms with Gasteiger partial charge in [-0.3, -0.25) is 4.99 Å². The normalized spacial score (nSPS) is 30.8. The van der Waals surface area contributed by atoms with Crippen LogP contribution in [-0.4, -0.2) is 71.5 Å². The van der Waals surface area contributed by atoms with Gasteiger partial charge in [-0.25, -0.2) is 0 Å². The molecule has 0 amide bonds. The van der Waals surface area contributed by atoms with Gasteiger partial charge in [-0.05, 0) is 145 Å². The van der Waals surface area contributed by atoms with E-state index in [9.17, 15) is 20.4 Å². The first-order valence-corrected chi connectivity index (χ1v) is 24.4. The van der Waals surface area contributed by atoms with Crippen LogP contribution >= 0.6 is 0 Å². The SMILES string of the molecule is CC[C@H]1C[C@H]2C=C[C@@H]1C[C@H](O)CCCN=C(N)NCC[C@@H]1[C@H](CO)CC[C@H]3CC#COc4ccc(cc4O[C@H]31)[C@@H]1Oc3cc(OC)c4c(c3C[C@H]1O)[C@@H]2Cc1cc(O)c(CC(C)C)cc1-4. The summed E-state index contributed by atoms with van der Waals surface area (Å²) in [6.07, 6.45) is 14.3. The Morgan fingerprint density at radius 2 is 1.80 bits per heavy atom. The fourth-order valence-corrected chi connectivity index (χ4v) is 12.3. The summed E-state index contributed by atoms with van der Waals surface area (Å²) in [5.41, 5.74) is 13.4. The van der Waals surface area contributed by atoms with Crippen molar-refractivity contribution >= 4 is 5.96 Å². The number of aromatic hydroxyl groups is 1. The fourth-order valence-electron chi connectivity index (χ4n) is 12.3. The zero-order valence-corrected chi connectivity index (χ0v) is 38.6. The van der Waals surface area contributed by atoms with Gasteiger partial charge in [-0.15, -0.1) is 0 Å². The van der Waals surface area contributed by atoms with Gasteiger partial charge < -0.3 is 50.4 Å². The van der Waals surface area contributed by atoms with Crippen molar-refractivity contribution in [2.75, 3.05) is 26.8 Å². The maximum atomic E-state index is 12.3. The number of phenolic OH excluding ortho intramolecular Hbond substituents is 1. The minimum atomic E-state index is -0.879. The highest BCUT2D eigenvalue weighted by molar-refractivity contribution is 5.84. The average Bonchev–Trinajstić information content (AvgIpc) is 3.38. The number of guanidine groups is 1. The Balaban J connectivity index is 1.15. The number of hydrogen-bond donors (Lipinski definition) is 6. The van der Waals surface area contributed by atoms with E-state index in [1.807, 2.05) is 30.3 Å². The van der Waals surface area contributed by atoms with Gasteiger partial charge in [0.05, 0.1) is 19.3 Å². The zero-order chi connectivity index (χ0) is 45.4. The van der Waals surface area contributed by atoms with Crippen molar-refractivity contribution in [3.63, 3.8) is 0 Å². The lowest BCUT2D eigenvalue weighted by Gasteiger charge is -2.42. The third-order valence-corrected chi connectivity index (χ3v) is 15.6. The Labute approximate surface area is 384 Å². The molecule has 11 nitrogen and oxygen atoms in total. The van der Waals surface area contributed by atoms with E-state index in [4.69, 9.17) is 24.7 Å². The molecule has 348 valence electrons. The molecule has 1 fully saturated rings. The summed E-state index contributed by atoms with van der Waals surface area (Å²) in [5.74, 6) is 7.72. The Morgan fingerprint density at radius 3 is 2.60 bits per heavy atom. The van der Waals surface area contributed by atoms with Crippen LogP contribution in [0.15, 0.2) is 53.5 Å². The van der Waals surface area contributed by atoms with Crippen molar-refractivity contribution < 1.29 is 39.4 Å². The van der Waals surface area contributed by atoms with E-state index in [1.54, 1.807) is 7.11 Å². The molecule has 0 unspecified atom stereocenters. The number of nitrogens with one attached hydrogen (secondary N) is 1. The highest BCUT2D eigenvalue weighted by Crippen LogP contribution is 2.56. The topological polar surface area (TPSA) is 168 Å². The lowest BCUT2D eigenvalue weighted by molar-refractivity contribution is -0.0162. The Kier molecular flexibility index (Phi) is 13.6. The predicted octanol–water partition coefficient (Wildman–Crippen LogP) is 8.13. The quantitative estimate of drug-likeness (QED) is 0.109. The highest BCUT2D eigenvalue weighted by Gasteiger charge is 2.44. The summed E-state index contributed by atoms with van der Waals surface area (Å²) < 4.78 is 26.4. The van der Waals surface area contributed by atoms with Crippen LogP contribution < -0.4 is 30.0 Å². The van der Waals surface area contributed by atoms with E-state index in [2.05, 4.69) is 61.3 Å². The van der Waals surface area contributed by atoms with Gasteiger partial charge in [-0.1, -0.05) is 51.3 Å². The molecule has 1 saturated carbocycles. The highest BCUT2D eigenvalue weighted by atomic mass is 16.5. The molecule has 9 bridgehead atoms. The number of allylic oxidation sites excluding steroid dienone is 2. The largest absolute Gasteiger partial charge is 0.508 e. The number of nitrogens with two attached hydrogens (primary N) is 1. The van der Waals surface area contributed by atoms with Crippen molar-refractivity contribution in [2.45, 2.75) is 128 Å². The van der Waals surface area contributed by atoms with Crippen LogP contribution in [0, 0.1) is 53.5 Å². The van der Waals surface area contributed by atoms with E-state index in [-0.39, 0.29) is 48.2 Å². The van der Waals surface area contributed by atoms with Crippen molar-refractivity contribution in [3.05, 3.63) is 76.4 Å². The Hall–Kier alpha value is -4.89. The van der Waals surface area contributed by atoms with Crippen LogP contribution in [0.4, 0.5) is 0 Å². The zero-order valence-electron chi connectivity index (χ0n) is 38.6. The number of phenols is 1. The summed E-state index contributed by atoms with van der Waals surface area (Å²) >= 11 is 0. The number of rotatable bonds is 5. The Morgan fingerprint density at radius 1 is 0.954 bits per heavy atom. The summed E-state index contributed by atoms with van der Waals surface area (Å²) in [7, 11) is 1.71. The molecule has 0 radical (unpaired) electrons. The van der Waals surface area contributed by atoms with Crippen LogP contribution in [-0.2, 0) is 19.3 Å². The minimum Gasteiger partial charge on any atom is -0.508 e. The van der Waals surface area contributed by atoms with Gasteiger partial charge in [0.1, 0.15) is 35.6 Å². The maximum Gasteiger partial charge on any atom is 0.188 e. The predicted molar refractivity (Wildman–Crippen MR) is 252 cm³/mol. The third kappa shape index (κ3) is 9.28. The van der Waals surface area contributed by atoms with Crippen molar-refractivity contribution in [1.82, 2.24) is 5.32 Å². The number of methoxy groups -OCH3 is 1.